The Bertz CT molecular complexity index is 737. The molecule has 0 aromatic heterocycles. The van der Waals surface area contributed by atoms with Gasteiger partial charge in [-0.05, 0) is 18.1 Å². The van der Waals surface area contributed by atoms with Crippen molar-refractivity contribution in [3.63, 3.8) is 0 Å². The lowest BCUT2D eigenvalue weighted by molar-refractivity contribution is -0.273. The van der Waals surface area contributed by atoms with Gasteiger partial charge in [0.15, 0.2) is 0 Å². The molecule has 0 saturated carbocycles. The largest absolute Gasteiger partial charge is 0.462 e. The van der Waals surface area contributed by atoms with Crippen LogP contribution < -0.4 is 0 Å². The Hall–Kier alpha value is -2.00. The lowest BCUT2D eigenvalue weighted by atomic mass is 9.81. The number of carbonyl (C=O) groups excluding carboxylic acids is 2. The van der Waals surface area contributed by atoms with Gasteiger partial charge in [-0.2, -0.15) is 13.2 Å². The maximum absolute atomic E-state index is 13.1. The molecule has 0 N–H and O–H groups in total. The van der Waals surface area contributed by atoms with Crippen molar-refractivity contribution in [3.05, 3.63) is 34.4 Å². The fourth-order valence-electron chi connectivity index (χ4n) is 3.02. The highest BCUT2D eigenvalue weighted by atomic mass is 19.4. The number of alkyl halides is 5. The van der Waals surface area contributed by atoms with Crippen LogP contribution in [0.4, 0.5) is 22.0 Å². The number of halogens is 5. The molecule has 1 aromatic rings. The maximum Gasteiger partial charge on any atom is 0.431 e. The molecule has 4 nitrogen and oxygen atoms in total. The van der Waals surface area contributed by atoms with Gasteiger partial charge < -0.3 is 9.47 Å². The Morgan fingerprint density at radius 1 is 1.03 bits per heavy atom. The molecule has 0 fully saturated rings. The molecule has 1 aromatic carbocycles. The zero-order chi connectivity index (χ0) is 23.1. The molecule has 0 spiro atoms. The summed E-state index contributed by atoms with van der Waals surface area (Å²) in [6.45, 7) is -0.228. The van der Waals surface area contributed by atoms with Crippen LogP contribution in [-0.2, 0) is 33.2 Å². The summed E-state index contributed by atoms with van der Waals surface area (Å²) in [6, 6.07) is 3.78. The second kappa shape index (κ2) is 10.9. The quantitative estimate of drug-likeness (QED) is 0.241. The molecule has 0 aliphatic rings. The molecule has 164 valence electrons. The molecular formula is C18H24B3F5O4. The highest BCUT2D eigenvalue weighted by molar-refractivity contribution is 6.12. The Labute approximate surface area is 175 Å². The molecule has 0 aliphatic carbocycles. The Kier molecular flexibility index (Phi) is 9.43. The van der Waals surface area contributed by atoms with E-state index in [0.717, 1.165) is 29.3 Å². The fraction of sp³-hybridized carbons (Fsp3) is 0.556. The van der Waals surface area contributed by atoms with Gasteiger partial charge in [-0.1, -0.05) is 36.2 Å². The number of carbonyl (C=O) groups is 2. The third-order valence-electron chi connectivity index (χ3n) is 4.53. The van der Waals surface area contributed by atoms with E-state index in [-0.39, 0.29) is 20.0 Å². The second-order valence-electron chi connectivity index (χ2n) is 6.95. The van der Waals surface area contributed by atoms with Crippen molar-refractivity contribution in [1.29, 1.82) is 0 Å². The molecule has 0 heterocycles. The van der Waals surface area contributed by atoms with Gasteiger partial charge in [0.2, 0.25) is 0 Å². The monoisotopic (exact) mass is 432 g/mol. The van der Waals surface area contributed by atoms with Crippen LogP contribution in [0, 0.1) is 0 Å². The summed E-state index contributed by atoms with van der Waals surface area (Å²) in [5.74, 6) is -6.30. The lowest BCUT2D eigenvalue weighted by Crippen LogP contribution is -2.46. The van der Waals surface area contributed by atoms with E-state index in [1.54, 1.807) is 6.07 Å². The van der Waals surface area contributed by atoms with Crippen molar-refractivity contribution >= 4 is 35.5 Å². The third-order valence-corrected chi connectivity index (χ3v) is 4.53. The van der Waals surface area contributed by atoms with Crippen LogP contribution in [0.25, 0.3) is 0 Å². The van der Waals surface area contributed by atoms with Crippen LogP contribution in [0.3, 0.4) is 0 Å². The van der Waals surface area contributed by atoms with E-state index in [9.17, 15) is 31.5 Å². The van der Waals surface area contributed by atoms with E-state index < -0.39 is 36.6 Å². The van der Waals surface area contributed by atoms with E-state index in [2.05, 4.69) is 4.74 Å². The molecule has 1 unspecified atom stereocenters. The van der Waals surface area contributed by atoms with Gasteiger partial charge in [0.05, 0.1) is 12.2 Å². The number of benzene rings is 1. The van der Waals surface area contributed by atoms with Crippen LogP contribution in [0.1, 0.15) is 46.8 Å². The van der Waals surface area contributed by atoms with E-state index in [1.165, 1.54) is 0 Å². The van der Waals surface area contributed by atoms with Crippen molar-refractivity contribution in [2.75, 3.05) is 6.61 Å². The van der Waals surface area contributed by atoms with Gasteiger partial charge in [0.1, 0.15) is 23.5 Å². The molecular weight excluding hydrogens is 408 g/mol. The molecule has 0 amide bonds. The highest BCUT2D eigenvalue weighted by Crippen LogP contribution is 2.34. The van der Waals surface area contributed by atoms with Gasteiger partial charge in [0.25, 0.3) is 12.0 Å². The summed E-state index contributed by atoms with van der Waals surface area (Å²) < 4.78 is 73.0. The normalized spacial score (nSPS) is 13.0. The standard InChI is InChI=1S/C18H24B3F5O4/c1-17(22,23)16(18(24,25)26)30-14(27)3-2-4-29-15(28)12-6-10(7-19)5-11(8-20)13(12)9-21/h5-6,16H,2-4,7-9,19-21H2,1H3. The molecule has 0 saturated heterocycles. The Balaban J connectivity index is 2.69. The molecule has 30 heavy (non-hydrogen) atoms. The summed E-state index contributed by atoms with van der Waals surface area (Å²) >= 11 is 0. The number of hydrogen-bond acceptors (Lipinski definition) is 4. The summed E-state index contributed by atoms with van der Waals surface area (Å²) in [4.78, 5) is 24.0. The molecule has 0 radical (unpaired) electrons. The predicted octanol–water partition coefficient (Wildman–Crippen LogP) is 1.15. The van der Waals surface area contributed by atoms with Gasteiger partial charge in [-0.15, -0.1) is 0 Å². The van der Waals surface area contributed by atoms with Gasteiger partial charge in [-0.3, -0.25) is 4.79 Å². The first-order valence-electron chi connectivity index (χ1n) is 9.80. The van der Waals surface area contributed by atoms with Gasteiger partial charge in [0, 0.05) is 13.3 Å². The van der Waals surface area contributed by atoms with Crippen molar-refractivity contribution in [3.8, 4) is 0 Å². The highest BCUT2D eigenvalue weighted by Gasteiger charge is 2.56. The maximum atomic E-state index is 13.1. The van der Waals surface area contributed by atoms with Gasteiger partial charge >= 0.3 is 18.1 Å². The van der Waals surface area contributed by atoms with Crippen molar-refractivity contribution < 1.29 is 41.0 Å². The molecule has 0 bridgehead atoms. The van der Waals surface area contributed by atoms with Crippen LogP contribution in [0.2, 0.25) is 0 Å². The minimum atomic E-state index is -5.39. The number of hydrogen-bond donors (Lipinski definition) is 0. The lowest BCUT2D eigenvalue weighted by Gasteiger charge is -2.25. The molecule has 1 atom stereocenters. The first-order valence-corrected chi connectivity index (χ1v) is 9.80. The second-order valence-corrected chi connectivity index (χ2v) is 6.95. The van der Waals surface area contributed by atoms with Crippen molar-refractivity contribution in [2.24, 2.45) is 0 Å². The van der Waals surface area contributed by atoms with Crippen LogP contribution in [0.15, 0.2) is 12.1 Å². The first-order chi connectivity index (χ1) is 13.8. The molecule has 0 aliphatic heterocycles. The smallest absolute Gasteiger partial charge is 0.431 e. The van der Waals surface area contributed by atoms with Gasteiger partial charge in [-0.25, -0.2) is 13.6 Å². The number of esters is 2. The minimum Gasteiger partial charge on any atom is -0.462 e. The average molecular weight is 432 g/mol. The SMILES string of the molecule is BCc1cc(CB)c(CB)c(C(=O)OCCCC(=O)OC(C(C)(F)F)C(F)(F)F)c1. The van der Waals surface area contributed by atoms with E-state index in [1.807, 2.05) is 29.6 Å². The minimum absolute atomic E-state index is 0.0283. The summed E-state index contributed by atoms with van der Waals surface area (Å²) in [5, 5.41) is 0. The van der Waals surface area contributed by atoms with Crippen LogP contribution in [-0.4, -0.2) is 60.3 Å². The van der Waals surface area contributed by atoms with Crippen molar-refractivity contribution in [2.45, 2.75) is 56.9 Å². The average Bonchev–Trinajstić information content (AvgIpc) is 2.66. The third kappa shape index (κ3) is 7.36. The fourth-order valence-corrected chi connectivity index (χ4v) is 3.02. The zero-order valence-electron chi connectivity index (χ0n) is 17.5. The van der Waals surface area contributed by atoms with E-state index in [4.69, 9.17) is 4.74 Å². The summed E-state index contributed by atoms with van der Waals surface area (Å²) in [6.07, 6.45) is -7.56. The zero-order valence-corrected chi connectivity index (χ0v) is 17.5. The topological polar surface area (TPSA) is 52.6 Å². The van der Waals surface area contributed by atoms with Crippen LogP contribution in [0.5, 0.6) is 0 Å². The van der Waals surface area contributed by atoms with Crippen molar-refractivity contribution in [1.82, 2.24) is 0 Å². The Morgan fingerprint density at radius 2 is 1.67 bits per heavy atom. The summed E-state index contributed by atoms with van der Waals surface area (Å²) in [5.41, 5.74) is 3.28. The predicted molar refractivity (Wildman–Crippen MR) is 109 cm³/mol. The van der Waals surface area contributed by atoms with Crippen LogP contribution >= 0.6 is 0 Å². The summed E-state index contributed by atoms with van der Waals surface area (Å²) in [7, 11) is 5.84. The Morgan fingerprint density at radius 3 is 2.13 bits per heavy atom. The first kappa shape index (κ1) is 26.0. The molecule has 1 rings (SSSR count). The number of ether oxygens (including phenoxy) is 2. The van der Waals surface area contributed by atoms with E-state index >= 15 is 0 Å². The van der Waals surface area contributed by atoms with E-state index in [0.29, 0.717) is 11.9 Å². The number of rotatable bonds is 10. The molecule has 12 heteroatoms.